The molecule has 0 bridgehead atoms. The molecule has 3 aromatic rings. The van der Waals surface area contributed by atoms with Crippen molar-refractivity contribution in [2.75, 3.05) is 20.1 Å². The second-order valence-electron chi connectivity index (χ2n) is 7.29. The van der Waals surface area contributed by atoms with Crippen molar-refractivity contribution in [3.63, 3.8) is 0 Å². The Bertz CT molecular complexity index is 1160. The van der Waals surface area contributed by atoms with Gasteiger partial charge in [0.2, 0.25) is 0 Å². The number of hydrogen-bond donors (Lipinski definition) is 0. The van der Waals surface area contributed by atoms with Crippen LogP contribution in [0.15, 0.2) is 48.7 Å². The highest BCUT2D eigenvalue weighted by atomic mass is 35.5. The second-order valence-corrected chi connectivity index (χ2v) is 8.10. The van der Waals surface area contributed by atoms with Crippen molar-refractivity contribution >= 4 is 45.6 Å². The first-order chi connectivity index (χ1) is 14.2. The quantitative estimate of drug-likeness (QED) is 0.450. The van der Waals surface area contributed by atoms with Crippen LogP contribution in [0.5, 0.6) is 0 Å². The topological polar surface area (TPSA) is 25.2 Å². The van der Waals surface area contributed by atoms with E-state index in [0.29, 0.717) is 29.4 Å². The predicted octanol–water partition coefficient (Wildman–Crippen LogP) is 6.37. The molecule has 0 radical (unpaired) electrons. The van der Waals surface area contributed by atoms with Crippen LogP contribution in [0.25, 0.3) is 16.5 Å². The van der Waals surface area contributed by atoms with E-state index in [4.69, 9.17) is 23.2 Å². The number of nitrogens with zero attached hydrogens (tertiary/aromatic N) is 2. The molecule has 0 saturated carbocycles. The van der Waals surface area contributed by atoms with Crippen molar-refractivity contribution in [3.8, 4) is 0 Å². The summed E-state index contributed by atoms with van der Waals surface area (Å²) in [5.41, 5.74) is 1.25. The van der Waals surface area contributed by atoms with Gasteiger partial charge in [0.25, 0.3) is 5.91 Å². The van der Waals surface area contributed by atoms with Gasteiger partial charge in [-0.15, -0.1) is 0 Å². The lowest BCUT2D eigenvalue weighted by Gasteiger charge is -2.21. The number of alkyl halides is 3. The molecule has 2 aromatic carbocycles. The van der Waals surface area contributed by atoms with Crippen LogP contribution in [0.1, 0.15) is 27.9 Å². The lowest BCUT2D eigenvalue weighted by atomic mass is 9.98. The van der Waals surface area contributed by atoms with E-state index >= 15 is 0 Å². The fourth-order valence-electron chi connectivity index (χ4n) is 3.67. The summed E-state index contributed by atoms with van der Waals surface area (Å²) in [4.78, 5) is 15.4. The standard InChI is InChI=1S/C22H17Cl2F3N2O/c1-28-9-7-13(8-10-28)16-12-29(21(30)20-17(23)3-2-4-18(20)24)19-6-5-14(11-15(16)19)22(25,26)27/h2-7,11-12H,8-10H2,1H3. The van der Waals surface area contributed by atoms with E-state index in [1.54, 1.807) is 24.4 Å². The van der Waals surface area contributed by atoms with Crippen LogP contribution in [0.2, 0.25) is 10.0 Å². The van der Waals surface area contributed by atoms with Gasteiger partial charge >= 0.3 is 6.18 Å². The van der Waals surface area contributed by atoms with Gasteiger partial charge in [0.1, 0.15) is 0 Å². The van der Waals surface area contributed by atoms with Gasteiger partial charge in [-0.25, -0.2) is 0 Å². The van der Waals surface area contributed by atoms with E-state index in [1.807, 2.05) is 13.1 Å². The Kier molecular flexibility index (Phi) is 5.43. The molecule has 30 heavy (non-hydrogen) atoms. The summed E-state index contributed by atoms with van der Waals surface area (Å²) in [6.45, 7) is 1.47. The van der Waals surface area contributed by atoms with Crippen LogP contribution in [-0.2, 0) is 6.18 Å². The van der Waals surface area contributed by atoms with Crippen LogP contribution < -0.4 is 0 Å². The summed E-state index contributed by atoms with van der Waals surface area (Å²) in [6.07, 6.45) is -0.239. The largest absolute Gasteiger partial charge is 0.416 e. The van der Waals surface area contributed by atoms with Crippen LogP contribution in [0, 0.1) is 0 Å². The predicted molar refractivity (Wildman–Crippen MR) is 113 cm³/mol. The number of likely N-dealkylation sites (N-methyl/N-ethyl adjacent to an activating group) is 1. The van der Waals surface area contributed by atoms with Gasteiger partial charge in [-0.3, -0.25) is 9.36 Å². The van der Waals surface area contributed by atoms with Gasteiger partial charge in [0.15, 0.2) is 0 Å². The average Bonchev–Trinajstić information content (AvgIpc) is 3.06. The van der Waals surface area contributed by atoms with E-state index in [-0.39, 0.29) is 15.6 Å². The molecular weight excluding hydrogens is 436 g/mol. The molecule has 1 aromatic heterocycles. The molecule has 0 fully saturated rings. The third-order valence-electron chi connectivity index (χ3n) is 5.29. The molecule has 1 aliphatic rings. The van der Waals surface area contributed by atoms with Crippen molar-refractivity contribution in [2.45, 2.75) is 12.6 Å². The minimum absolute atomic E-state index is 0.113. The lowest BCUT2D eigenvalue weighted by Crippen LogP contribution is -2.23. The summed E-state index contributed by atoms with van der Waals surface area (Å²) in [5.74, 6) is -0.491. The number of fused-ring (bicyclic) bond motifs is 1. The van der Waals surface area contributed by atoms with Gasteiger partial charge in [0, 0.05) is 30.2 Å². The highest BCUT2D eigenvalue weighted by molar-refractivity contribution is 6.40. The maximum Gasteiger partial charge on any atom is 0.416 e. The molecular formula is C22H17Cl2F3N2O. The number of rotatable bonds is 2. The average molecular weight is 453 g/mol. The van der Waals surface area contributed by atoms with E-state index in [0.717, 1.165) is 24.3 Å². The van der Waals surface area contributed by atoms with Crippen molar-refractivity contribution < 1.29 is 18.0 Å². The second kappa shape index (κ2) is 7.76. The Morgan fingerprint density at radius 1 is 1.10 bits per heavy atom. The first-order valence-corrected chi connectivity index (χ1v) is 10.0. The van der Waals surface area contributed by atoms with Crippen LogP contribution in [0.4, 0.5) is 13.2 Å². The summed E-state index contributed by atoms with van der Waals surface area (Å²) < 4.78 is 41.4. The fraction of sp³-hybridized carbons (Fsp3) is 0.227. The zero-order chi connectivity index (χ0) is 21.6. The fourth-order valence-corrected chi connectivity index (χ4v) is 4.23. The highest BCUT2D eigenvalue weighted by Crippen LogP contribution is 2.37. The van der Waals surface area contributed by atoms with E-state index in [9.17, 15) is 18.0 Å². The van der Waals surface area contributed by atoms with Crippen molar-refractivity contribution in [1.82, 2.24) is 9.47 Å². The Balaban J connectivity index is 1.94. The van der Waals surface area contributed by atoms with E-state index in [2.05, 4.69) is 4.90 Å². The number of carbonyl (C=O) groups is 1. The Labute approximate surface area is 181 Å². The van der Waals surface area contributed by atoms with Gasteiger partial charge < -0.3 is 4.90 Å². The molecule has 3 nitrogen and oxygen atoms in total. The molecule has 0 atom stereocenters. The maximum atomic E-state index is 13.3. The lowest BCUT2D eigenvalue weighted by molar-refractivity contribution is -0.137. The maximum absolute atomic E-state index is 13.3. The first-order valence-electron chi connectivity index (χ1n) is 9.26. The molecule has 4 rings (SSSR count). The summed E-state index contributed by atoms with van der Waals surface area (Å²) >= 11 is 12.4. The van der Waals surface area contributed by atoms with Gasteiger partial charge in [-0.2, -0.15) is 13.2 Å². The first kappa shape index (κ1) is 21.0. The molecule has 0 amide bonds. The smallest absolute Gasteiger partial charge is 0.302 e. The van der Waals surface area contributed by atoms with Crippen molar-refractivity contribution in [3.05, 3.63) is 75.4 Å². The third kappa shape index (κ3) is 3.75. The molecule has 2 heterocycles. The number of hydrogen-bond acceptors (Lipinski definition) is 2. The monoisotopic (exact) mass is 452 g/mol. The van der Waals surface area contributed by atoms with Crippen LogP contribution in [0.3, 0.4) is 0 Å². The molecule has 0 spiro atoms. The van der Waals surface area contributed by atoms with Crippen LogP contribution >= 0.6 is 23.2 Å². The molecule has 8 heteroatoms. The van der Waals surface area contributed by atoms with E-state index in [1.165, 1.54) is 10.6 Å². The number of carbonyl (C=O) groups excluding carboxylic acids is 1. The summed E-state index contributed by atoms with van der Waals surface area (Å²) in [7, 11) is 1.97. The zero-order valence-electron chi connectivity index (χ0n) is 15.9. The molecule has 0 N–H and O–H groups in total. The Hall–Kier alpha value is -2.28. The van der Waals surface area contributed by atoms with E-state index < -0.39 is 17.6 Å². The number of aromatic nitrogens is 1. The molecule has 0 saturated heterocycles. The van der Waals surface area contributed by atoms with Crippen molar-refractivity contribution in [1.29, 1.82) is 0 Å². The Morgan fingerprint density at radius 3 is 2.40 bits per heavy atom. The van der Waals surface area contributed by atoms with Gasteiger partial charge in [-0.05, 0) is 49.4 Å². The summed E-state index contributed by atoms with van der Waals surface area (Å²) in [6, 6.07) is 8.12. The molecule has 0 aliphatic carbocycles. The number of benzene rings is 2. The molecule has 156 valence electrons. The molecule has 0 unspecified atom stereocenters. The highest BCUT2D eigenvalue weighted by Gasteiger charge is 2.32. The minimum atomic E-state index is -4.48. The normalized spacial score (nSPS) is 15.5. The molecule has 1 aliphatic heterocycles. The number of halogens is 5. The third-order valence-corrected chi connectivity index (χ3v) is 5.92. The Morgan fingerprint density at radius 2 is 1.80 bits per heavy atom. The minimum Gasteiger partial charge on any atom is -0.302 e. The zero-order valence-corrected chi connectivity index (χ0v) is 17.4. The van der Waals surface area contributed by atoms with Gasteiger partial charge in [-0.1, -0.05) is 35.3 Å². The summed E-state index contributed by atoms with van der Waals surface area (Å²) in [5, 5.41) is 0.736. The van der Waals surface area contributed by atoms with Gasteiger partial charge in [0.05, 0.1) is 26.7 Å². The van der Waals surface area contributed by atoms with Crippen molar-refractivity contribution in [2.24, 2.45) is 0 Å². The SMILES string of the molecule is CN1CC=C(c2cn(C(=O)c3c(Cl)cccc3Cl)c3ccc(C(F)(F)F)cc23)CC1. The van der Waals surface area contributed by atoms with Crippen LogP contribution in [-0.4, -0.2) is 35.5 Å².